The van der Waals surface area contributed by atoms with E-state index >= 15 is 0 Å². The molecule has 1 heterocycles. The maximum atomic E-state index is 13.0. The highest BCUT2D eigenvalue weighted by Crippen LogP contribution is 2.39. The van der Waals surface area contributed by atoms with Gasteiger partial charge in [-0.15, -0.1) is 0 Å². The molecule has 0 radical (unpaired) electrons. The highest BCUT2D eigenvalue weighted by atomic mass is 19.1. The lowest BCUT2D eigenvalue weighted by Crippen LogP contribution is -2.41. The molecule has 1 aliphatic heterocycles. The topological polar surface area (TPSA) is 35.2 Å². The van der Waals surface area contributed by atoms with Gasteiger partial charge in [0.05, 0.1) is 6.61 Å². The number of nitrogens with two attached hydrogens (primary N) is 1. The molecule has 2 N–H and O–H groups in total. The van der Waals surface area contributed by atoms with Gasteiger partial charge in [0.15, 0.2) is 0 Å². The summed E-state index contributed by atoms with van der Waals surface area (Å²) < 4.78 is 18.4. The molecule has 1 aromatic carbocycles. The Hall–Kier alpha value is -1.09. The van der Waals surface area contributed by atoms with E-state index in [-0.39, 0.29) is 17.3 Å². The normalized spacial score (nSPS) is 20.7. The van der Waals surface area contributed by atoms with E-state index in [1.165, 1.54) is 12.1 Å². The van der Waals surface area contributed by atoms with Crippen LogP contribution in [0.4, 0.5) is 4.39 Å². The van der Waals surface area contributed by atoms with Gasteiger partial charge in [-0.3, -0.25) is 0 Å². The van der Waals surface area contributed by atoms with Gasteiger partial charge in [-0.05, 0) is 31.9 Å². The zero-order valence-corrected chi connectivity index (χ0v) is 9.09. The summed E-state index contributed by atoms with van der Waals surface area (Å²) in [5, 5.41) is 0. The first-order valence-corrected chi connectivity index (χ1v) is 5.19. The number of benzene rings is 1. The first kappa shape index (κ1) is 10.4. The fourth-order valence-electron chi connectivity index (χ4n) is 2.14. The van der Waals surface area contributed by atoms with E-state index < -0.39 is 0 Å². The smallest absolute Gasteiger partial charge is 0.126 e. The van der Waals surface area contributed by atoms with Crippen molar-refractivity contribution >= 4 is 0 Å². The van der Waals surface area contributed by atoms with Crippen LogP contribution in [0.5, 0.6) is 5.75 Å². The first-order chi connectivity index (χ1) is 6.98. The predicted molar refractivity (Wildman–Crippen MR) is 57.5 cm³/mol. The molecule has 0 fully saturated rings. The summed E-state index contributed by atoms with van der Waals surface area (Å²) >= 11 is 0. The zero-order chi connectivity index (χ0) is 11.1. The molecule has 0 saturated heterocycles. The van der Waals surface area contributed by atoms with Gasteiger partial charge in [0.25, 0.3) is 0 Å². The highest BCUT2D eigenvalue weighted by Gasteiger charge is 2.31. The molecule has 0 saturated carbocycles. The summed E-state index contributed by atoms with van der Waals surface area (Å²) in [6, 6.07) is 4.68. The van der Waals surface area contributed by atoms with Crippen LogP contribution < -0.4 is 10.5 Å². The second-order valence-electron chi connectivity index (χ2n) is 4.69. The minimum atomic E-state index is -0.295. The maximum absolute atomic E-state index is 13.0. The predicted octanol–water partition coefficient (Wildman–Crippen LogP) is 2.43. The molecule has 3 heteroatoms. The van der Waals surface area contributed by atoms with Gasteiger partial charge in [-0.1, -0.05) is 6.07 Å². The second kappa shape index (κ2) is 3.49. The molecular formula is C12H16FNO. The third kappa shape index (κ3) is 1.97. The molecule has 2 rings (SSSR count). The van der Waals surface area contributed by atoms with Crippen molar-refractivity contribution < 1.29 is 9.13 Å². The lowest BCUT2D eigenvalue weighted by molar-refractivity contribution is 0.232. The van der Waals surface area contributed by atoms with Crippen LogP contribution in [0.25, 0.3) is 0 Å². The third-order valence-corrected chi connectivity index (χ3v) is 2.91. The van der Waals surface area contributed by atoms with Crippen molar-refractivity contribution in [1.82, 2.24) is 0 Å². The number of hydrogen-bond acceptors (Lipinski definition) is 2. The Morgan fingerprint density at radius 3 is 2.87 bits per heavy atom. The van der Waals surface area contributed by atoms with Crippen molar-refractivity contribution in [1.29, 1.82) is 0 Å². The molecule has 0 aliphatic carbocycles. The number of hydrogen-bond donors (Lipinski definition) is 1. The molecule has 2 nitrogen and oxygen atoms in total. The van der Waals surface area contributed by atoms with Crippen LogP contribution in [0.15, 0.2) is 18.2 Å². The molecule has 0 spiro atoms. The van der Waals surface area contributed by atoms with E-state index in [2.05, 4.69) is 0 Å². The Morgan fingerprint density at radius 2 is 2.20 bits per heavy atom. The van der Waals surface area contributed by atoms with Crippen molar-refractivity contribution in [2.45, 2.75) is 31.7 Å². The van der Waals surface area contributed by atoms with Gasteiger partial charge >= 0.3 is 0 Å². The summed E-state index contributed by atoms with van der Waals surface area (Å²) in [5.74, 6) is 0.621. The standard InChI is InChI=1S/C12H16FNO/c1-12(2,14)10-5-6-15-11-7-8(13)3-4-9(10)11/h3-4,7,10H,5-6,14H2,1-2H3. The van der Waals surface area contributed by atoms with E-state index in [0.29, 0.717) is 12.4 Å². The molecule has 0 amide bonds. The SMILES string of the molecule is CC(C)(N)C1CCOc2cc(F)ccc21. The summed E-state index contributed by atoms with van der Waals surface area (Å²) in [4.78, 5) is 0. The number of halogens is 1. The van der Waals surface area contributed by atoms with E-state index in [9.17, 15) is 4.39 Å². The van der Waals surface area contributed by atoms with Crippen LogP contribution in [0.1, 0.15) is 31.7 Å². The van der Waals surface area contributed by atoms with E-state index in [1.54, 1.807) is 6.07 Å². The molecule has 1 unspecified atom stereocenters. The lowest BCUT2D eigenvalue weighted by Gasteiger charge is -2.35. The van der Waals surface area contributed by atoms with Crippen molar-refractivity contribution in [3.8, 4) is 5.75 Å². The fourth-order valence-corrected chi connectivity index (χ4v) is 2.14. The first-order valence-electron chi connectivity index (χ1n) is 5.19. The molecular weight excluding hydrogens is 193 g/mol. The van der Waals surface area contributed by atoms with Gasteiger partial charge in [-0.2, -0.15) is 0 Å². The third-order valence-electron chi connectivity index (χ3n) is 2.91. The minimum Gasteiger partial charge on any atom is -0.493 e. The van der Waals surface area contributed by atoms with Crippen LogP contribution in [-0.2, 0) is 0 Å². The van der Waals surface area contributed by atoms with Gasteiger partial charge < -0.3 is 10.5 Å². The molecule has 0 bridgehead atoms. The Bertz CT molecular complexity index is 370. The van der Waals surface area contributed by atoms with Gasteiger partial charge in [0.1, 0.15) is 11.6 Å². The molecule has 1 aromatic rings. The Kier molecular flexibility index (Phi) is 2.43. The van der Waals surface area contributed by atoms with E-state index in [4.69, 9.17) is 10.5 Å². The van der Waals surface area contributed by atoms with Crippen LogP contribution in [0.3, 0.4) is 0 Å². The zero-order valence-electron chi connectivity index (χ0n) is 9.09. The average molecular weight is 209 g/mol. The summed E-state index contributed by atoms with van der Waals surface area (Å²) in [5.41, 5.74) is 6.84. The maximum Gasteiger partial charge on any atom is 0.126 e. The Morgan fingerprint density at radius 1 is 1.47 bits per heavy atom. The number of fused-ring (bicyclic) bond motifs is 1. The monoisotopic (exact) mass is 209 g/mol. The van der Waals surface area contributed by atoms with Gasteiger partial charge in [0.2, 0.25) is 0 Å². The molecule has 0 aromatic heterocycles. The quantitative estimate of drug-likeness (QED) is 0.771. The van der Waals surface area contributed by atoms with Crippen molar-refractivity contribution in [3.05, 3.63) is 29.6 Å². The summed E-state index contributed by atoms with van der Waals surface area (Å²) in [6.07, 6.45) is 0.891. The molecule has 1 atom stereocenters. The van der Waals surface area contributed by atoms with Gasteiger partial charge in [0, 0.05) is 17.5 Å². The molecule has 15 heavy (non-hydrogen) atoms. The van der Waals surface area contributed by atoms with E-state index in [0.717, 1.165) is 12.0 Å². The van der Waals surface area contributed by atoms with Crippen LogP contribution in [0.2, 0.25) is 0 Å². The molecule has 82 valence electrons. The van der Waals surface area contributed by atoms with Crippen LogP contribution in [0, 0.1) is 5.82 Å². The number of rotatable bonds is 1. The van der Waals surface area contributed by atoms with Gasteiger partial charge in [-0.25, -0.2) is 4.39 Å². The lowest BCUT2D eigenvalue weighted by atomic mass is 9.79. The van der Waals surface area contributed by atoms with Crippen LogP contribution in [-0.4, -0.2) is 12.1 Å². The van der Waals surface area contributed by atoms with Crippen molar-refractivity contribution in [3.63, 3.8) is 0 Å². The largest absolute Gasteiger partial charge is 0.493 e. The summed E-state index contributed by atoms with van der Waals surface area (Å²) in [7, 11) is 0. The summed E-state index contributed by atoms with van der Waals surface area (Å²) in [6.45, 7) is 4.61. The Balaban J connectivity index is 2.43. The van der Waals surface area contributed by atoms with E-state index in [1.807, 2.05) is 13.8 Å². The Labute approximate surface area is 89.2 Å². The van der Waals surface area contributed by atoms with Crippen molar-refractivity contribution in [2.24, 2.45) is 5.73 Å². The fraction of sp³-hybridized carbons (Fsp3) is 0.500. The average Bonchev–Trinajstić information content (AvgIpc) is 2.15. The van der Waals surface area contributed by atoms with Crippen LogP contribution >= 0.6 is 0 Å². The number of ether oxygens (including phenoxy) is 1. The molecule has 1 aliphatic rings. The second-order valence-corrected chi connectivity index (χ2v) is 4.69. The highest BCUT2D eigenvalue weighted by molar-refractivity contribution is 5.40. The van der Waals surface area contributed by atoms with Crippen molar-refractivity contribution in [2.75, 3.05) is 6.61 Å². The minimum absolute atomic E-state index is 0.238.